The molecule has 1 fully saturated rings. The fourth-order valence-electron chi connectivity index (χ4n) is 4.03. The second kappa shape index (κ2) is 7.68. The first-order valence-electron chi connectivity index (χ1n) is 9.87. The Labute approximate surface area is 163 Å². The summed E-state index contributed by atoms with van der Waals surface area (Å²) in [6, 6.07) is -0.0768. The zero-order chi connectivity index (χ0) is 19.7. The summed E-state index contributed by atoms with van der Waals surface area (Å²) in [5.74, 6) is 6.69. The smallest absolute Gasteiger partial charge is 0.333 e. The van der Waals surface area contributed by atoms with Crippen molar-refractivity contribution in [1.82, 2.24) is 24.0 Å². The minimum absolute atomic E-state index is 0.0768. The van der Waals surface area contributed by atoms with Crippen LogP contribution in [0.15, 0.2) is 21.7 Å². The van der Waals surface area contributed by atoms with Gasteiger partial charge in [0.25, 0.3) is 5.56 Å². The Balaban J connectivity index is 2.02. The molecule has 1 N–H and O–H groups in total. The van der Waals surface area contributed by atoms with Gasteiger partial charge in [-0.1, -0.05) is 18.1 Å². The minimum atomic E-state index is -0.317. The van der Waals surface area contributed by atoms with E-state index in [0.29, 0.717) is 17.7 Å². The Morgan fingerprint density at radius 1 is 1.29 bits per heavy atom. The van der Waals surface area contributed by atoms with Crippen molar-refractivity contribution in [2.24, 2.45) is 7.05 Å². The highest BCUT2D eigenvalue weighted by Gasteiger charge is 2.26. The van der Waals surface area contributed by atoms with Gasteiger partial charge in [-0.05, 0) is 26.2 Å². The van der Waals surface area contributed by atoms with Crippen LogP contribution in [-0.2, 0) is 13.6 Å². The fraction of sp³-hybridized carbons (Fsp3) is 0.550. The molecule has 0 bridgehead atoms. The summed E-state index contributed by atoms with van der Waals surface area (Å²) in [7, 11) is 1.54. The molecule has 1 unspecified atom stereocenters. The molecule has 1 saturated heterocycles. The molecular weight excluding hydrogens is 356 g/mol. The molecule has 1 atom stereocenters. The van der Waals surface area contributed by atoms with Crippen LogP contribution in [0.2, 0.25) is 0 Å². The Morgan fingerprint density at radius 2 is 2.07 bits per heavy atom. The van der Waals surface area contributed by atoms with E-state index in [2.05, 4.69) is 34.2 Å². The lowest BCUT2D eigenvalue weighted by atomic mass is 10.0. The van der Waals surface area contributed by atoms with Crippen LogP contribution in [0, 0.1) is 11.8 Å². The molecule has 8 nitrogen and oxygen atoms in total. The Hall–Kier alpha value is -2.79. The summed E-state index contributed by atoms with van der Waals surface area (Å²) in [5, 5.41) is 3.34. The summed E-state index contributed by atoms with van der Waals surface area (Å²) in [4.78, 5) is 33.1. The van der Waals surface area contributed by atoms with E-state index in [0.717, 1.165) is 51.4 Å². The summed E-state index contributed by atoms with van der Waals surface area (Å²) in [6.07, 6.45) is 7.07. The SMILES string of the molecule is CC#CCn1c(N2CCNCC2)nc2c1c(=O)n(C)c(=O)n2C1C=CCCC1. The van der Waals surface area contributed by atoms with Gasteiger partial charge < -0.3 is 10.2 Å². The molecule has 28 heavy (non-hydrogen) atoms. The molecule has 0 amide bonds. The van der Waals surface area contributed by atoms with Gasteiger partial charge >= 0.3 is 5.69 Å². The van der Waals surface area contributed by atoms with Gasteiger partial charge in [-0.15, -0.1) is 5.92 Å². The third-order valence-electron chi connectivity index (χ3n) is 5.53. The van der Waals surface area contributed by atoms with Crippen molar-refractivity contribution in [3.63, 3.8) is 0 Å². The zero-order valence-corrected chi connectivity index (χ0v) is 16.4. The first-order chi connectivity index (χ1) is 13.6. The molecule has 2 aromatic heterocycles. The molecule has 1 aliphatic carbocycles. The van der Waals surface area contributed by atoms with E-state index < -0.39 is 0 Å². The van der Waals surface area contributed by atoms with Gasteiger partial charge in [-0.25, -0.2) is 4.79 Å². The summed E-state index contributed by atoms with van der Waals surface area (Å²) < 4.78 is 4.76. The van der Waals surface area contributed by atoms with E-state index in [4.69, 9.17) is 4.98 Å². The number of aromatic nitrogens is 4. The Morgan fingerprint density at radius 3 is 2.75 bits per heavy atom. The van der Waals surface area contributed by atoms with Crippen molar-refractivity contribution in [3.05, 3.63) is 33.0 Å². The van der Waals surface area contributed by atoms with Gasteiger partial charge in [-0.3, -0.25) is 18.5 Å². The van der Waals surface area contributed by atoms with Gasteiger partial charge in [0, 0.05) is 33.2 Å². The molecule has 4 rings (SSSR count). The van der Waals surface area contributed by atoms with Crippen LogP contribution in [0.3, 0.4) is 0 Å². The average molecular weight is 382 g/mol. The summed E-state index contributed by atoms with van der Waals surface area (Å²) in [5.41, 5.74) is 0.295. The molecule has 3 heterocycles. The van der Waals surface area contributed by atoms with Crippen molar-refractivity contribution < 1.29 is 0 Å². The zero-order valence-electron chi connectivity index (χ0n) is 16.4. The van der Waals surface area contributed by atoms with Gasteiger partial charge in [0.2, 0.25) is 5.95 Å². The van der Waals surface area contributed by atoms with Gasteiger partial charge in [0.15, 0.2) is 11.2 Å². The molecule has 0 aromatic carbocycles. The third-order valence-corrected chi connectivity index (χ3v) is 5.53. The number of imidazole rings is 1. The monoisotopic (exact) mass is 382 g/mol. The number of allylic oxidation sites excluding steroid dienone is 2. The third kappa shape index (κ3) is 3.06. The van der Waals surface area contributed by atoms with Crippen molar-refractivity contribution >= 4 is 17.1 Å². The maximum Gasteiger partial charge on any atom is 0.333 e. The molecule has 148 valence electrons. The lowest BCUT2D eigenvalue weighted by Crippen LogP contribution is -2.44. The van der Waals surface area contributed by atoms with Crippen LogP contribution in [0.5, 0.6) is 0 Å². The average Bonchev–Trinajstić information content (AvgIpc) is 3.11. The predicted octanol–water partition coefficient (Wildman–Crippen LogP) is 0.611. The van der Waals surface area contributed by atoms with Crippen molar-refractivity contribution in [3.8, 4) is 11.8 Å². The number of piperazine rings is 1. The van der Waals surface area contributed by atoms with Crippen molar-refractivity contribution in [2.45, 2.75) is 38.8 Å². The molecular formula is C20H26N6O2. The van der Waals surface area contributed by atoms with E-state index in [1.165, 1.54) is 4.57 Å². The van der Waals surface area contributed by atoms with E-state index in [9.17, 15) is 9.59 Å². The van der Waals surface area contributed by atoms with E-state index in [1.54, 1.807) is 18.5 Å². The number of hydrogen-bond acceptors (Lipinski definition) is 5. The normalized spacial score (nSPS) is 19.6. The highest BCUT2D eigenvalue weighted by atomic mass is 16.2. The topological polar surface area (TPSA) is 77.1 Å². The van der Waals surface area contributed by atoms with Crippen LogP contribution in [0.25, 0.3) is 11.2 Å². The van der Waals surface area contributed by atoms with E-state index >= 15 is 0 Å². The number of nitrogens with one attached hydrogen (secondary N) is 1. The number of nitrogens with zero attached hydrogens (tertiary/aromatic N) is 5. The van der Waals surface area contributed by atoms with Crippen LogP contribution in [0.4, 0.5) is 5.95 Å². The standard InChI is InChI=1S/C20H26N6O2/c1-3-4-12-25-16-17(22-19(25)24-13-10-21-11-14-24)26(15-8-6-5-7-9-15)20(28)23(2)18(16)27/h6,8,15,21H,5,7,9-14H2,1-2H3. The fourth-order valence-corrected chi connectivity index (χ4v) is 4.03. The van der Waals surface area contributed by atoms with Crippen LogP contribution < -0.4 is 21.5 Å². The summed E-state index contributed by atoms with van der Waals surface area (Å²) >= 11 is 0. The lowest BCUT2D eigenvalue weighted by Gasteiger charge is -2.28. The Bertz CT molecular complexity index is 1090. The molecule has 0 spiro atoms. The van der Waals surface area contributed by atoms with Gasteiger partial charge in [0.05, 0.1) is 12.6 Å². The first-order valence-corrected chi connectivity index (χ1v) is 9.87. The summed E-state index contributed by atoms with van der Waals surface area (Å²) in [6.45, 7) is 5.48. The molecule has 2 aliphatic rings. The maximum atomic E-state index is 13.1. The van der Waals surface area contributed by atoms with Crippen LogP contribution in [-0.4, -0.2) is 44.9 Å². The lowest BCUT2D eigenvalue weighted by molar-refractivity contribution is 0.493. The van der Waals surface area contributed by atoms with Crippen molar-refractivity contribution in [2.75, 3.05) is 31.1 Å². The maximum absolute atomic E-state index is 13.1. The molecule has 1 aliphatic heterocycles. The van der Waals surface area contributed by atoms with Crippen LogP contribution >= 0.6 is 0 Å². The molecule has 0 saturated carbocycles. The molecule has 2 aromatic rings. The predicted molar refractivity (Wildman–Crippen MR) is 110 cm³/mol. The van der Waals surface area contributed by atoms with Gasteiger partial charge in [0.1, 0.15) is 0 Å². The number of rotatable bonds is 3. The Kier molecular flexibility index (Phi) is 5.09. The highest BCUT2D eigenvalue weighted by Crippen LogP contribution is 2.26. The quantitative estimate of drug-likeness (QED) is 0.622. The molecule has 0 radical (unpaired) electrons. The second-order valence-corrected chi connectivity index (χ2v) is 7.28. The highest BCUT2D eigenvalue weighted by molar-refractivity contribution is 5.75. The number of hydrogen-bond donors (Lipinski definition) is 1. The van der Waals surface area contributed by atoms with E-state index in [-0.39, 0.29) is 17.3 Å². The van der Waals surface area contributed by atoms with Crippen LogP contribution in [0.1, 0.15) is 32.2 Å². The number of anilines is 1. The van der Waals surface area contributed by atoms with E-state index in [1.807, 2.05) is 4.57 Å². The molecule has 8 heteroatoms. The minimum Gasteiger partial charge on any atom is -0.340 e. The van der Waals surface area contributed by atoms with Gasteiger partial charge in [-0.2, -0.15) is 4.98 Å². The number of fused-ring (bicyclic) bond motifs is 1. The first kappa shape index (κ1) is 18.6. The largest absolute Gasteiger partial charge is 0.340 e. The van der Waals surface area contributed by atoms with Crippen molar-refractivity contribution in [1.29, 1.82) is 0 Å². The second-order valence-electron chi connectivity index (χ2n) is 7.28.